The summed E-state index contributed by atoms with van der Waals surface area (Å²) in [7, 11) is 0. The van der Waals surface area contributed by atoms with E-state index in [4.69, 9.17) is 0 Å². The SMILES string of the molecule is CCN(CC)C(=O)c1ccc(NC(=O)C[C@@H]2C[C@@H]3CC[C@@H]2C3)cc1. The molecule has 130 valence electrons. The minimum absolute atomic E-state index is 0.0415. The zero-order chi connectivity index (χ0) is 17.1. The molecule has 0 unspecified atom stereocenters. The molecule has 2 aliphatic rings. The van der Waals surface area contributed by atoms with E-state index in [0.29, 0.717) is 31.0 Å². The van der Waals surface area contributed by atoms with Gasteiger partial charge in [0.25, 0.3) is 5.91 Å². The molecule has 24 heavy (non-hydrogen) atoms. The number of anilines is 1. The van der Waals surface area contributed by atoms with Gasteiger partial charge in [-0.2, -0.15) is 0 Å². The molecule has 0 saturated heterocycles. The third kappa shape index (κ3) is 3.63. The van der Waals surface area contributed by atoms with E-state index in [1.165, 1.54) is 25.7 Å². The van der Waals surface area contributed by atoms with Crippen LogP contribution in [0.4, 0.5) is 5.69 Å². The van der Waals surface area contributed by atoms with Crippen LogP contribution < -0.4 is 5.32 Å². The minimum Gasteiger partial charge on any atom is -0.339 e. The highest BCUT2D eigenvalue weighted by molar-refractivity contribution is 5.95. The Morgan fingerprint density at radius 2 is 1.79 bits per heavy atom. The van der Waals surface area contributed by atoms with Crippen molar-refractivity contribution in [1.29, 1.82) is 0 Å². The van der Waals surface area contributed by atoms with Crippen molar-refractivity contribution in [1.82, 2.24) is 4.90 Å². The van der Waals surface area contributed by atoms with E-state index in [1.54, 1.807) is 17.0 Å². The molecule has 1 aromatic carbocycles. The van der Waals surface area contributed by atoms with E-state index in [-0.39, 0.29) is 11.8 Å². The number of rotatable bonds is 6. The summed E-state index contributed by atoms with van der Waals surface area (Å²) in [5.74, 6) is 2.37. The van der Waals surface area contributed by atoms with Crippen molar-refractivity contribution >= 4 is 17.5 Å². The van der Waals surface area contributed by atoms with Gasteiger partial charge in [-0.3, -0.25) is 9.59 Å². The average Bonchev–Trinajstić information content (AvgIpc) is 3.19. The monoisotopic (exact) mass is 328 g/mol. The molecule has 2 aliphatic carbocycles. The van der Waals surface area contributed by atoms with Crippen LogP contribution in [0.15, 0.2) is 24.3 Å². The second-order valence-electron chi connectivity index (χ2n) is 7.24. The Morgan fingerprint density at radius 1 is 1.08 bits per heavy atom. The zero-order valence-electron chi connectivity index (χ0n) is 14.8. The van der Waals surface area contributed by atoms with Crippen LogP contribution >= 0.6 is 0 Å². The van der Waals surface area contributed by atoms with E-state index in [9.17, 15) is 9.59 Å². The van der Waals surface area contributed by atoms with Crippen LogP contribution in [0.5, 0.6) is 0 Å². The first kappa shape index (κ1) is 17.0. The summed E-state index contributed by atoms with van der Waals surface area (Å²) in [6.45, 7) is 5.37. The molecule has 2 saturated carbocycles. The molecule has 2 amide bonds. The maximum Gasteiger partial charge on any atom is 0.253 e. The third-order valence-corrected chi connectivity index (χ3v) is 5.80. The molecule has 4 heteroatoms. The minimum atomic E-state index is 0.0415. The van der Waals surface area contributed by atoms with E-state index in [0.717, 1.165) is 17.5 Å². The Bertz CT molecular complexity index is 592. The predicted octanol–water partition coefficient (Wildman–Crippen LogP) is 3.93. The van der Waals surface area contributed by atoms with Crippen molar-refractivity contribution in [2.75, 3.05) is 18.4 Å². The highest BCUT2D eigenvalue weighted by Gasteiger charge is 2.40. The van der Waals surface area contributed by atoms with Crippen LogP contribution in [0.1, 0.15) is 56.3 Å². The molecule has 0 spiro atoms. The van der Waals surface area contributed by atoms with Gasteiger partial charge < -0.3 is 10.2 Å². The Balaban J connectivity index is 1.54. The van der Waals surface area contributed by atoms with E-state index in [1.807, 2.05) is 26.0 Å². The van der Waals surface area contributed by atoms with Gasteiger partial charge in [-0.25, -0.2) is 0 Å². The summed E-state index contributed by atoms with van der Waals surface area (Å²) in [5.41, 5.74) is 1.45. The standard InChI is InChI=1S/C20H28N2O2/c1-3-22(4-2)20(24)15-7-9-18(10-8-15)21-19(23)13-17-12-14-5-6-16(17)11-14/h7-10,14,16-17H,3-6,11-13H2,1-2H3,(H,21,23)/t14-,16-,17+/m1/s1. The first-order valence-corrected chi connectivity index (χ1v) is 9.29. The lowest BCUT2D eigenvalue weighted by Gasteiger charge is -2.21. The molecular formula is C20H28N2O2. The fraction of sp³-hybridized carbons (Fsp3) is 0.600. The Kier molecular flexibility index (Phi) is 5.22. The first-order valence-electron chi connectivity index (χ1n) is 9.29. The molecule has 1 N–H and O–H groups in total. The van der Waals surface area contributed by atoms with Gasteiger partial charge in [0.05, 0.1) is 0 Å². The van der Waals surface area contributed by atoms with Crippen molar-refractivity contribution in [3.8, 4) is 0 Å². The fourth-order valence-electron chi connectivity index (χ4n) is 4.47. The van der Waals surface area contributed by atoms with Crippen LogP contribution in [0.25, 0.3) is 0 Å². The molecule has 0 aromatic heterocycles. The number of carbonyl (C=O) groups is 2. The topological polar surface area (TPSA) is 49.4 Å². The van der Waals surface area contributed by atoms with Gasteiger partial charge in [0.2, 0.25) is 5.91 Å². The molecule has 0 radical (unpaired) electrons. The normalized spacial score (nSPS) is 24.8. The lowest BCUT2D eigenvalue weighted by molar-refractivity contribution is -0.117. The van der Waals surface area contributed by atoms with Gasteiger partial charge in [0.1, 0.15) is 0 Å². The smallest absolute Gasteiger partial charge is 0.253 e. The summed E-state index contributed by atoms with van der Waals surface area (Å²) < 4.78 is 0. The molecule has 3 rings (SSSR count). The van der Waals surface area contributed by atoms with Crippen LogP contribution in [-0.4, -0.2) is 29.8 Å². The van der Waals surface area contributed by atoms with Gasteiger partial charge in [-0.15, -0.1) is 0 Å². The first-order chi connectivity index (χ1) is 11.6. The maximum absolute atomic E-state index is 12.3. The predicted molar refractivity (Wildman–Crippen MR) is 95.9 cm³/mol. The molecule has 3 atom stereocenters. The number of nitrogens with zero attached hydrogens (tertiary/aromatic N) is 1. The number of amides is 2. The lowest BCUT2D eigenvalue weighted by Crippen LogP contribution is -2.30. The van der Waals surface area contributed by atoms with Gasteiger partial charge >= 0.3 is 0 Å². The largest absolute Gasteiger partial charge is 0.339 e. The van der Waals surface area contributed by atoms with Crippen molar-refractivity contribution < 1.29 is 9.59 Å². The number of hydrogen-bond donors (Lipinski definition) is 1. The zero-order valence-corrected chi connectivity index (χ0v) is 14.8. The molecule has 1 aromatic rings. The number of nitrogens with one attached hydrogen (secondary N) is 1. The summed E-state index contributed by atoms with van der Waals surface area (Å²) in [6, 6.07) is 7.26. The fourth-order valence-corrected chi connectivity index (χ4v) is 4.47. The summed E-state index contributed by atoms with van der Waals surface area (Å²) in [4.78, 5) is 26.4. The Morgan fingerprint density at radius 3 is 2.33 bits per heavy atom. The second-order valence-corrected chi connectivity index (χ2v) is 7.24. The quantitative estimate of drug-likeness (QED) is 0.860. The van der Waals surface area contributed by atoms with E-state index < -0.39 is 0 Å². The molecule has 4 nitrogen and oxygen atoms in total. The average molecular weight is 328 g/mol. The van der Waals surface area contributed by atoms with Gasteiger partial charge in [0.15, 0.2) is 0 Å². The summed E-state index contributed by atoms with van der Waals surface area (Å²) in [5, 5.41) is 2.99. The highest BCUT2D eigenvalue weighted by Crippen LogP contribution is 2.49. The Hall–Kier alpha value is -1.84. The van der Waals surface area contributed by atoms with Crippen molar-refractivity contribution in [3.05, 3.63) is 29.8 Å². The molecule has 0 heterocycles. The second kappa shape index (κ2) is 7.37. The van der Waals surface area contributed by atoms with Crippen LogP contribution in [0.3, 0.4) is 0 Å². The summed E-state index contributed by atoms with van der Waals surface area (Å²) >= 11 is 0. The van der Waals surface area contributed by atoms with Crippen LogP contribution in [-0.2, 0) is 4.79 Å². The number of hydrogen-bond acceptors (Lipinski definition) is 2. The molecule has 2 fully saturated rings. The number of carbonyl (C=O) groups excluding carboxylic acids is 2. The maximum atomic E-state index is 12.3. The van der Waals surface area contributed by atoms with Gasteiger partial charge in [-0.05, 0) is 75.1 Å². The van der Waals surface area contributed by atoms with E-state index >= 15 is 0 Å². The highest BCUT2D eigenvalue weighted by atomic mass is 16.2. The van der Waals surface area contributed by atoms with Crippen LogP contribution in [0.2, 0.25) is 0 Å². The summed E-state index contributed by atoms with van der Waals surface area (Å²) in [6.07, 6.45) is 5.88. The number of fused-ring (bicyclic) bond motifs is 2. The Labute approximate surface area is 144 Å². The molecular weight excluding hydrogens is 300 g/mol. The number of benzene rings is 1. The lowest BCUT2D eigenvalue weighted by atomic mass is 9.86. The van der Waals surface area contributed by atoms with E-state index in [2.05, 4.69) is 5.32 Å². The van der Waals surface area contributed by atoms with Gasteiger partial charge in [0, 0.05) is 30.8 Å². The third-order valence-electron chi connectivity index (χ3n) is 5.80. The van der Waals surface area contributed by atoms with Crippen LogP contribution in [0, 0.1) is 17.8 Å². The van der Waals surface area contributed by atoms with Crippen molar-refractivity contribution in [2.24, 2.45) is 17.8 Å². The van der Waals surface area contributed by atoms with Crippen molar-refractivity contribution in [3.63, 3.8) is 0 Å². The molecule has 2 bridgehead atoms. The van der Waals surface area contributed by atoms with Crippen molar-refractivity contribution in [2.45, 2.75) is 46.0 Å². The van der Waals surface area contributed by atoms with Gasteiger partial charge in [-0.1, -0.05) is 6.42 Å². The molecule has 0 aliphatic heterocycles.